The first-order valence-corrected chi connectivity index (χ1v) is 15.1. The monoisotopic (exact) mass is 547 g/mol. The van der Waals surface area contributed by atoms with E-state index in [1.165, 1.54) is 0 Å². The standard InChI is InChI=1S/C26H31F2N5O4S/c1-38(36,37)13-21(34)29-23-22-20(31-33(23)9-7-16-2-3-16)11-25(30-24(22)35)8-6-18-10-17(4-5-19(18)25)12-32-14-26(27,28)15-32/h4-5,10,16H,2-3,6-9,11-15H2,1H3,(H,29,34)(H,30,35)/t25-/m0/s1. The smallest absolute Gasteiger partial charge is 0.272 e. The van der Waals surface area contributed by atoms with Crippen molar-refractivity contribution in [3.05, 3.63) is 46.1 Å². The van der Waals surface area contributed by atoms with Gasteiger partial charge in [-0.3, -0.25) is 14.5 Å². The van der Waals surface area contributed by atoms with Gasteiger partial charge in [-0.1, -0.05) is 31.0 Å². The highest BCUT2D eigenvalue weighted by molar-refractivity contribution is 7.91. The number of aryl methyl sites for hydroxylation is 2. The number of fused-ring (bicyclic) bond motifs is 3. The number of alkyl halides is 2. The summed E-state index contributed by atoms with van der Waals surface area (Å²) in [6.07, 6.45) is 6.04. The van der Waals surface area contributed by atoms with Gasteiger partial charge in [-0.05, 0) is 41.9 Å². The number of amides is 2. The first-order chi connectivity index (χ1) is 17.9. The molecule has 204 valence electrons. The molecular formula is C26H31F2N5O4S. The minimum atomic E-state index is -3.54. The molecule has 1 atom stereocenters. The number of nitrogens with one attached hydrogen (secondary N) is 2. The van der Waals surface area contributed by atoms with E-state index in [0.29, 0.717) is 37.5 Å². The summed E-state index contributed by atoms with van der Waals surface area (Å²) in [5, 5.41) is 10.6. The summed E-state index contributed by atoms with van der Waals surface area (Å²) in [7, 11) is -3.54. The van der Waals surface area contributed by atoms with Gasteiger partial charge in [-0.2, -0.15) is 5.10 Å². The van der Waals surface area contributed by atoms with Gasteiger partial charge in [-0.25, -0.2) is 21.9 Å². The molecule has 4 aliphatic rings. The fraction of sp³-hybridized carbons (Fsp3) is 0.577. The molecule has 1 aromatic carbocycles. The molecule has 1 saturated heterocycles. The lowest BCUT2D eigenvalue weighted by Crippen LogP contribution is -2.55. The second kappa shape index (κ2) is 8.84. The van der Waals surface area contributed by atoms with Crippen LogP contribution in [0.15, 0.2) is 18.2 Å². The van der Waals surface area contributed by atoms with Crippen LogP contribution in [0, 0.1) is 5.92 Å². The number of carbonyl (C=O) groups is 2. The lowest BCUT2D eigenvalue weighted by molar-refractivity contribution is -0.133. The molecule has 6 rings (SSSR count). The minimum absolute atomic E-state index is 0.223. The van der Waals surface area contributed by atoms with Crippen LogP contribution < -0.4 is 10.6 Å². The third-order valence-corrected chi connectivity index (χ3v) is 8.78. The van der Waals surface area contributed by atoms with Gasteiger partial charge in [0, 0.05) is 25.8 Å². The van der Waals surface area contributed by atoms with Crippen LogP contribution >= 0.6 is 0 Å². The number of hydrogen-bond acceptors (Lipinski definition) is 6. The third kappa shape index (κ3) is 4.95. The molecule has 2 aliphatic carbocycles. The van der Waals surface area contributed by atoms with Crippen LogP contribution in [0.5, 0.6) is 0 Å². The van der Waals surface area contributed by atoms with E-state index in [0.717, 1.165) is 48.6 Å². The van der Waals surface area contributed by atoms with Crippen molar-refractivity contribution in [1.29, 1.82) is 0 Å². The number of benzene rings is 1. The zero-order valence-electron chi connectivity index (χ0n) is 21.2. The number of rotatable bonds is 8. The molecule has 12 heteroatoms. The second-order valence-corrected chi connectivity index (χ2v) is 13.6. The topological polar surface area (TPSA) is 113 Å². The van der Waals surface area contributed by atoms with Crippen LogP contribution in [-0.4, -0.2) is 65.9 Å². The summed E-state index contributed by atoms with van der Waals surface area (Å²) in [5.74, 6) is -3.47. The van der Waals surface area contributed by atoms with Gasteiger partial charge >= 0.3 is 0 Å². The molecule has 0 radical (unpaired) electrons. The van der Waals surface area contributed by atoms with E-state index in [1.54, 1.807) is 9.58 Å². The molecule has 0 bridgehead atoms. The number of likely N-dealkylation sites (tertiary alicyclic amines) is 1. The zero-order chi connectivity index (χ0) is 26.9. The largest absolute Gasteiger partial charge is 0.342 e. The Bertz CT molecular complexity index is 1430. The predicted octanol–water partition coefficient (Wildman–Crippen LogP) is 2.24. The van der Waals surface area contributed by atoms with Gasteiger partial charge in [-0.15, -0.1) is 0 Å². The van der Waals surface area contributed by atoms with Crippen molar-refractivity contribution < 1.29 is 26.8 Å². The number of anilines is 1. The number of sulfone groups is 1. The van der Waals surface area contributed by atoms with Crippen LogP contribution in [-0.2, 0) is 46.1 Å². The quantitative estimate of drug-likeness (QED) is 0.524. The molecule has 9 nitrogen and oxygen atoms in total. The molecule has 2 N–H and O–H groups in total. The van der Waals surface area contributed by atoms with E-state index in [1.807, 2.05) is 18.2 Å². The Kier molecular flexibility index (Phi) is 5.91. The minimum Gasteiger partial charge on any atom is -0.342 e. The maximum Gasteiger partial charge on any atom is 0.272 e. The lowest BCUT2D eigenvalue weighted by Gasteiger charge is -2.38. The fourth-order valence-electron chi connectivity index (χ4n) is 6.08. The van der Waals surface area contributed by atoms with Crippen LogP contribution in [0.3, 0.4) is 0 Å². The van der Waals surface area contributed by atoms with E-state index in [4.69, 9.17) is 5.10 Å². The van der Waals surface area contributed by atoms with Crippen molar-refractivity contribution in [1.82, 2.24) is 20.0 Å². The maximum atomic E-state index is 13.5. The van der Waals surface area contributed by atoms with E-state index >= 15 is 0 Å². The summed E-state index contributed by atoms with van der Waals surface area (Å²) >= 11 is 0. The molecule has 3 heterocycles. The summed E-state index contributed by atoms with van der Waals surface area (Å²) in [4.78, 5) is 27.7. The number of nitrogens with zero attached hydrogens (tertiary/aromatic N) is 3. The van der Waals surface area contributed by atoms with Gasteiger partial charge in [0.05, 0.1) is 24.3 Å². The van der Waals surface area contributed by atoms with Crippen LogP contribution in [0.4, 0.5) is 14.6 Å². The molecule has 1 spiro atoms. The molecule has 38 heavy (non-hydrogen) atoms. The van der Waals surface area contributed by atoms with E-state index < -0.39 is 33.0 Å². The highest BCUT2D eigenvalue weighted by Gasteiger charge is 2.47. The Labute approximate surface area is 219 Å². The molecule has 2 fully saturated rings. The van der Waals surface area contributed by atoms with E-state index in [2.05, 4.69) is 10.6 Å². The normalized spacial score (nSPS) is 24.0. The predicted molar refractivity (Wildman–Crippen MR) is 136 cm³/mol. The van der Waals surface area contributed by atoms with Crippen LogP contribution in [0.25, 0.3) is 0 Å². The Morgan fingerprint density at radius 1 is 1.26 bits per heavy atom. The molecule has 2 aliphatic heterocycles. The maximum absolute atomic E-state index is 13.5. The number of carbonyl (C=O) groups excluding carboxylic acids is 2. The van der Waals surface area contributed by atoms with Crippen LogP contribution in [0.2, 0.25) is 0 Å². The number of hydrogen-bond donors (Lipinski definition) is 2. The Morgan fingerprint density at radius 2 is 2.03 bits per heavy atom. The van der Waals surface area contributed by atoms with Gasteiger partial charge in [0.2, 0.25) is 5.91 Å². The van der Waals surface area contributed by atoms with Crippen molar-refractivity contribution in [2.75, 3.05) is 30.4 Å². The Hall–Kier alpha value is -2.86. The molecule has 0 unspecified atom stereocenters. The van der Waals surface area contributed by atoms with Crippen molar-refractivity contribution in [2.45, 2.75) is 63.1 Å². The summed E-state index contributed by atoms with van der Waals surface area (Å²) in [6.45, 7) is 0.550. The van der Waals surface area contributed by atoms with Gasteiger partial charge in [0.25, 0.3) is 11.8 Å². The third-order valence-electron chi connectivity index (χ3n) is 7.99. The van der Waals surface area contributed by atoms with E-state index in [9.17, 15) is 26.8 Å². The number of aromatic nitrogens is 2. The molecular weight excluding hydrogens is 516 g/mol. The Morgan fingerprint density at radius 3 is 2.71 bits per heavy atom. The average molecular weight is 548 g/mol. The van der Waals surface area contributed by atoms with Gasteiger partial charge in [0.1, 0.15) is 17.1 Å². The summed E-state index contributed by atoms with van der Waals surface area (Å²) in [6, 6.07) is 5.97. The first kappa shape index (κ1) is 25.4. The van der Waals surface area contributed by atoms with Crippen LogP contribution in [0.1, 0.15) is 58.4 Å². The van der Waals surface area contributed by atoms with E-state index in [-0.39, 0.29) is 30.4 Å². The average Bonchev–Trinajstić information content (AvgIpc) is 3.48. The van der Waals surface area contributed by atoms with Crippen molar-refractivity contribution in [2.24, 2.45) is 5.92 Å². The summed E-state index contributed by atoms with van der Waals surface area (Å²) in [5.41, 5.74) is 3.30. The molecule has 2 aromatic rings. The molecule has 2 amide bonds. The lowest BCUT2D eigenvalue weighted by atomic mass is 9.82. The summed E-state index contributed by atoms with van der Waals surface area (Å²) < 4.78 is 51.4. The fourth-order valence-corrected chi connectivity index (χ4v) is 6.63. The number of halogens is 2. The van der Waals surface area contributed by atoms with Crippen molar-refractivity contribution in [3.8, 4) is 0 Å². The van der Waals surface area contributed by atoms with Gasteiger partial charge < -0.3 is 10.6 Å². The second-order valence-electron chi connectivity index (χ2n) is 11.4. The first-order valence-electron chi connectivity index (χ1n) is 13.0. The highest BCUT2D eigenvalue weighted by Crippen LogP contribution is 2.44. The molecule has 1 aromatic heterocycles. The van der Waals surface area contributed by atoms with Gasteiger partial charge in [0.15, 0.2) is 9.84 Å². The zero-order valence-corrected chi connectivity index (χ0v) is 22.0. The van der Waals surface area contributed by atoms with Crippen molar-refractivity contribution in [3.63, 3.8) is 0 Å². The Balaban J connectivity index is 1.26. The SMILES string of the molecule is CS(=O)(=O)CC(=O)Nc1c2c(nn1CCC1CC1)C[C@]1(CCc3cc(CN4CC(F)(F)C4)ccc31)NC2=O. The van der Waals surface area contributed by atoms with Crippen molar-refractivity contribution >= 4 is 27.5 Å². The molecule has 1 saturated carbocycles. The highest BCUT2D eigenvalue weighted by atomic mass is 32.2.